The Morgan fingerprint density at radius 1 is 1.36 bits per heavy atom. The average Bonchev–Trinajstić information content (AvgIpc) is 2.01. The number of aliphatic carboxylic acids is 1. The third-order valence-corrected chi connectivity index (χ3v) is 2.73. The highest BCUT2D eigenvalue weighted by Crippen LogP contribution is 2.09. The largest absolute Gasteiger partial charge is 0.481 e. The molecule has 0 radical (unpaired) electrons. The Hall–Kier alpha value is -0.710. The number of thioether (sulfide) groups is 1. The van der Waals surface area contributed by atoms with Crippen LogP contribution in [0.4, 0.5) is 0 Å². The molecule has 14 heavy (non-hydrogen) atoms. The van der Waals surface area contributed by atoms with E-state index in [0.717, 1.165) is 0 Å². The molecule has 5 heteroatoms. The SMILES string of the molecule is CSC(C)CC(=O)NC(C)CC(=O)O. The van der Waals surface area contributed by atoms with Crippen molar-refractivity contribution in [2.24, 2.45) is 0 Å². The molecule has 0 aliphatic heterocycles. The number of rotatable bonds is 6. The predicted octanol–water partition coefficient (Wildman–Crippen LogP) is 1.11. The van der Waals surface area contributed by atoms with Gasteiger partial charge in [-0.1, -0.05) is 6.92 Å². The number of hydrogen-bond donors (Lipinski definition) is 2. The van der Waals surface area contributed by atoms with E-state index in [2.05, 4.69) is 5.32 Å². The molecule has 0 saturated carbocycles. The first kappa shape index (κ1) is 13.3. The molecule has 0 aromatic heterocycles. The summed E-state index contributed by atoms with van der Waals surface area (Å²) < 4.78 is 0. The van der Waals surface area contributed by atoms with Crippen LogP contribution in [0, 0.1) is 0 Å². The summed E-state index contributed by atoms with van der Waals surface area (Å²) in [7, 11) is 0. The van der Waals surface area contributed by atoms with E-state index in [4.69, 9.17) is 5.11 Å². The molecule has 0 rings (SSSR count). The maximum Gasteiger partial charge on any atom is 0.305 e. The molecule has 0 aliphatic rings. The third kappa shape index (κ3) is 6.77. The Morgan fingerprint density at radius 3 is 2.36 bits per heavy atom. The zero-order chi connectivity index (χ0) is 11.1. The second kappa shape index (κ2) is 6.70. The van der Waals surface area contributed by atoms with Gasteiger partial charge in [0, 0.05) is 17.7 Å². The van der Waals surface area contributed by atoms with Crippen LogP contribution >= 0.6 is 11.8 Å². The van der Waals surface area contributed by atoms with Gasteiger partial charge in [0.1, 0.15) is 0 Å². The van der Waals surface area contributed by atoms with Gasteiger partial charge in [0.25, 0.3) is 0 Å². The molecule has 0 saturated heterocycles. The minimum absolute atomic E-state index is 0.0284. The standard InChI is InChI=1S/C9H17NO3S/c1-6(4-9(12)13)10-8(11)5-7(2)14-3/h6-7H,4-5H2,1-3H3,(H,10,11)(H,12,13). The first-order valence-corrected chi connectivity index (χ1v) is 5.78. The van der Waals surface area contributed by atoms with Gasteiger partial charge in [-0.2, -0.15) is 11.8 Å². The quantitative estimate of drug-likeness (QED) is 0.702. The number of carboxylic acids is 1. The van der Waals surface area contributed by atoms with Gasteiger partial charge in [0.05, 0.1) is 6.42 Å². The fourth-order valence-electron chi connectivity index (χ4n) is 0.991. The summed E-state index contributed by atoms with van der Waals surface area (Å²) in [6, 6.07) is -0.297. The zero-order valence-corrected chi connectivity index (χ0v) is 9.56. The van der Waals surface area contributed by atoms with Crippen LogP contribution < -0.4 is 5.32 Å². The van der Waals surface area contributed by atoms with Gasteiger partial charge in [-0.15, -0.1) is 0 Å². The molecule has 0 aromatic carbocycles. The molecule has 82 valence electrons. The molecule has 0 fully saturated rings. The summed E-state index contributed by atoms with van der Waals surface area (Å²) in [6.45, 7) is 3.65. The number of nitrogens with one attached hydrogen (secondary N) is 1. The van der Waals surface area contributed by atoms with Crippen molar-refractivity contribution in [3.8, 4) is 0 Å². The fraction of sp³-hybridized carbons (Fsp3) is 0.778. The van der Waals surface area contributed by atoms with Crippen molar-refractivity contribution in [1.82, 2.24) is 5.32 Å². The smallest absolute Gasteiger partial charge is 0.305 e. The molecule has 0 spiro atoms. The lowest BCUT2D eigenvalue weighted by atomic mass is 10.2. The molecule has 1 amide bonds. The molecule has 2 atom stereocenters. The minimum atomic E-state index is -0.893. The molecule has 4 nitrogen and oxygen atoms in total. The van der Waals surface area contributed by atoms with Crippen molar-refractivity contribution in [3.05, 3.63) is 0 Å². The first-order valence-electron chi connectivity index (χ1n) is 4.49. The summed E-state index contributed by atoms with van der Waals surface area (Å²) in [6.07, 6.45) is 2.35. The highest BCUT2D eigenvalue weighted by molar-refractivity contribution is 7.99. The van der Waals surface area contributed by atoms with Crippen molar-refractivity contribution in [2.75, 3.05) is 6.26 Å². The molecule has 2 N–H and O–H groups in total. The number of hydrogen-bond acceptors (Lipinski definition) is 3. The second-order valence-corrected chi connectivity index (χ2v) is 4.59. The van der Waals surface area contributed by atoms with E-state index >= 15 is 0 Å². The molecule has 0 aromatic rings. The van der Waals surface area contributed by atoms with Crippen LogP contribution in [-0.2, 0) is 9.59 Å². The van der Waals surface area contributed by atoms with Gasteiger partial charge in [0.2, 0.25) is 5.91 Å². The normalized spacial score (nSPS) is 14.5. The van der Waals surface area contributed by atoms with Gasteiger partial charge in [-0.25, -0.2) is 0 Å². The predicted molar refractivity (Wildman–Crippen MR) is 57.5 cm³/mol. The number of amides is 1. The third-order valence-electron chi connectivity index (χ3n) is 1.76. The van der Waals surface area contributed by atoms with Gasteiger partial charge in [0.15, 0.2) is 0 Å². The second-order valence-electron chi connectivity index (χ2n) is 3.32. The Kier molecular flexibility index (Phi) is 6.36. The van der Waals surface area contributed by atoms with Crippen LogP contribution in [0.5, 0.6) is 0 Å². The molecule has 2 unspecified atom stereocenters. The summed E-state index contributed by atoms with van der Waals surface area (Å²) in [4.78, 5) is 21.6. The highest BCUT2D eigenvalue weighted by Gasteiger charge is 2.12. The van der Waals surface area contributed by atoms with Gasteiger partial charge in [-0.05, 0) is 13.2 Å². The van der Waals surface area contributed by atoms with Crippen LogP contribution in [0.1, 0.15) is 26.7 Å². The Labute approximate surface area is 88.4 Å². The van der Waals surface area contributed by atoms with E-state index in [0.29, 0.717) is 6.42 Å². The Morgan fingerprint density at radius 2 is 1.93 bits per heavy atom. The van der Waals surface area contributed by atoms with Crippen LogP contribution in [0.3, 0.4) is 0 Å². The fourth-order valence-corrected chi connectivity index (χ4v) is 1.31. The molecular formula is C9H17NO3S. The van der Waals surface area contributed by atoms with Crippen molar-refractivity contribution in [2.45, 2.75) is 38.0 Å². The maximum absolute atomic E-state index is 11.3. The van der Waals surface area contributed by atoms with Crippen molar-refractivity contribution < 1.29 is 14.7 Å². The average molecular weight is 219 g/mol. The zero-order valence-electron chi connectivity index (χ0n) is 8.74. The van der Waals surface area contributed by atoms with Crippen molar-refractivity contribution in [1.29, 1.82) is 0 Å². The van der Waals surface area contributed by atoms with E-state index in [1.54, 1.807) is 18.7 Å². The number of carbonyl (C=O) groups excluding carboxylic acids is 1. The van der Waals surface area contributed by atoms with E-state index in [9.17, 15) is 9.59 Å². The van der Waals surface area contributed by atoms with Gasteiger partial charge >= 0.3 is 5.97 Å². The number of carbonyl (C=O) groups is 2. The Balaban J connectivity index is 3.76. The van der Waals surface area contributed by atoms with Gasteiger partial charge < -0.3 is 10.4 Å². The molecule has 0 heterocycles. The minimum Gasteiger partial charge on any atom is -0.481 e. The highest BCUT2D eigenvalue weighted by atomic mass is 32.2. The van der Waals surface area contributed by atoms with Crippen LogP contribution in [0.15, 0.2) is 0 Å². The monoisotopic (exact) mass is 219 g/mol. The van der Waals surface area contributed by atoms with E-state index in [1.165, 1.54) is 0 Å². The molecule has 0 aliphatic carbocycles. The van der Waals surface area contributed by atoms with Crippen LogP contribution in [0.2, 0.25) is 0 Å². The first-order chi connectivity index (χ1) is 6.45. The lowest BCUT2D eigenvalue weighted by molar-refractivity contribution is -0.137. The van der Waals surface area contributed by atoms with E-state index < -0.39 is 5.97 Å². The van der Waals surface area contributed by atoms with Crippen molar-refractivity contribution >= 4 is 23.6 Å². The topological polar surface area (TPSA) is 66.4 Å². The maximum atomic E-state index is 11.3. The van der Waals surface area contributed by atoms with E-state index in [1.807, 2.05) is 13.2 Å². The summed E-state index contributed by atoms with van der Waals surface area (Å²) in [5, 5.41) is 11.4. The molecule has 0 bridgehead atoms. The number of carboxylic acid groups (broad SMARTS) is 1. The van der Waals surface area contributed by atoms with Crippen LogP contribution in [0.25, 0.3) is 0 Å². The lowest BCUT2D eigenvalue weighted by Crippen LogP contribution is -2.35. The summed E-state index contributed by atoms with van der Waals surface area (Å²) >= 11 is 1.62. The summed E-state index contributed by atoms with van der Waals surface area (Å²) in [5.41, 5.74) is 0. The van der Waals surface area contributed by atoms with Gasteiger partial charge in [-0.3, -0.25) is 9.59 Å². The van der Waals surface area contributed by atoms with Crippen molar-refractivity contribution in [3.63, 3.8) is 0 Å². The molecular weight excluding hydrogens is 202 g/mol. The summed E-state index contributed by atoms with van der Waals surface area (Å²) in [5.74, 6) is -0.976. The van der Waals surface area contributed by atoms with E-state index in [-0.39, 0.29) is 23.6 Å². The lowest BCUT2D eigenvalue weighted by Gasteiger charge is -2.13. The Bertz CT molecular complexity index is 208. The van der Waals surface area contributed by atoms with Crippen LogP contribution in [-0.4, -0.2) is 34.5 Å².